The van der Waals surface area contributed by atoms with Crippen molar-refractivity contribution in [3.63, 3.8) is 0 Å². The van der Waals surface area contributed by atoms with Crippen LogP contribution in [0.25, 0.3) is 0 Å². The maximum atomic E-state index is 13.3. The number of rotatable bonds is 5. The second-order valence-electron chi connectivity index (χ2n) is 3.28. The van der Waals surface area contributed by atoms with Crippen LogP contribution in [0.2, 0.25) is 0 Å². The first-order valence-corrected chi connectivity index (χ1v) is 6.27. The first kappa shape index (κ1) is 13.5. The van der Waals surface area contributed by atoms with Crippen molar-refractivity contribution in [1.29, 1.82) is 0 Å². The van der Waals surface area contributed by atoms with Gasteiger partial charge in [-0.15, -0.1) is 11.6 Å². The maximum absolute atomic E-state index is 13.3. The Hall–Kier alpha value is -0.610. The number of alkyl halides is 1. The maximum Gasteiger partial charge on any atom is 0.254 e. The molecule has 0 aliphatic heterocycles. The lowest BCUT2D eigenvalue weighted by atomic mass is 10.2. The molecule has 0 fully saturated rings. The van der Waals surface area contributed by atoms with Crippen LogP contribution in [0.5, 0.6) is 0 Å². The van der Waals surface area contributed by atoms with Crippen molar-refractivity contribution < 1.29 is 9.18 Å². The van der Waals surface area contributed by atoms with Gasteiger partial charge in [-0.1, -0.05) is 15.9 Å². The first-order chi connectivity index (χ1) is 7.65. The zero-order valence-electron chi connectivity index (χ0n) is 8.60. The molecule has 0 aliphatic rings. The number of amides is 1. The van der Waals surface area contributed by atoms with Gasteiger partial charge in [0.1, 0.15) is 5.82 Å². The van der Waals surface area contributed by atoms with E-state index in [1.807, 2.05) is 0 Å². The predicted octanol–water partition coefficient (Wildman–Crippen LogP) is 3.34. The van der Waals surface area contributed by atoms with Gasteiger partial charge in [-0.3, -0.25) is 4.79 Å². The monoisotopic (exact) mass is 307 g/mol. The summed E-state index contributed by atoms with van der Waals surface area (Å²) >= 11 is 8.69. The van der Waals surface area contributed by atoms with Crippen LogP contribution < -0.4 is 5.32 Å². The van der Waals surface area contributed by atoms with Crippen molar-refractivity contribution in [3.05, 3.63) is 34.1 Å². The van der Waals surface area contributed by atoms with Crippen molar-refractivity contribution in [3.8, 4) is 0 Å². The number of hydrogen-bond acceptors (Lipinski definition) is 1. The van der Waals surface area contributed by atoms with Gasteiger partial charge in [-0.05, 0) is 31.0 Å². The molecule has 0 bridgehead atoms. The molecule has 0 spiro atoms. The summed E-state index contributed by atoms with van der Waals surface area (Å²) < 4.78 is 14.0. The molecular weight excluding hydrogens is 296 g/mol. The largest absolute Gasteiger partial charge is 0.352 e. The molecule has 0 heterocycles. The SMILES string of the molecule is O=C(NCCCCCl)c1cc(Br)ccc1F. The summed E-state index contributed by atoms with van der Waals surface area (Å²) in [4.78, 5) is 11.6. The standard InChI is InChI=1S/C11H12BrClFNO/c12-8-3-4-10(14)9(7-8)11(16)15-6-2-1-5-13/h3-4,7H,1-2,5-6H2,(H,15,16). The molecule has 1 aromatic rings. The summed E-state index contributed by atoms with van der Waals surface area (Å²) in [5.74, 6) is -0.340. The van der Waals surface area contributed by atoms with E-state index < -0.39 is 11.7 Å². The molecule has 5 heteroatoms. The van der Waals surface area contributed by atoms with Crippen LogP contribution >= 0.6 is 27.5 Å². The molecule has 2 nitrogen and oxygen atoms in total. The third-order valence-corrected chi connectivity index (χ3v) is 2.78. The van der Waals surface area contributed by atoms with E-state index >= 15 is 0 Å². The highest BCUT2D eigenvalue weighted by Crippen LogP contribution is 2.15. The lowest BCUT2D eigenvalue weighted by molar-refractivity contribution is 0.0949. The summed E-state index contributed by atoms with van der Waals surface area (Å²) in [5, 5.41) is 2.64. The molecule has 16 heavy (non-hydrogen) atoms. The van der Waals surface area contributed by atoms with Gasteiger partial charge in [-0.2, -0.15) is 0 Å². The van der Waals surface area contributed by atoms with Gasteiger partial charge in [0.05, 0.1) is 5.56 Å². The van der Waals surface area contributed by atoms with E-state index in [0.717, 1.165) is 12.8 Å². The van der Waals surface area contributed by atoms with Crippen LogP contribution in [0.15, 0.2) is 22.7 Å². The molecule has 0 saturated heterocycles. The minimum absolute atomic E-state index is 0.0558. The molecule has 0 saturated carbocycles. The lowest BCUT2D eigenvalue weighted by Crippen LogP contribution is -2.25. The normalized spacial score (nSPS) is 10.2. The summed E-state index contributed by atoms with van der Waals surface area (Å²) in [7, 11) is 0. The number of unbranched alkanes of at least 4 members (excludes halogenated alkanes) is 1. The number of benzene rings is 1. The Kier molecular flexibility index (Phi) is 5.77. The van der Waals surface area contributed by atoms with Crippen LogP contribution in [0.1, 0.15) is 23.2 Å². The fourth-order valence-corrected chi connectivity index (χ4v) is 1.74. The van der Waals surface area contributed by atoms with E-state index in [1.165, 1.54) is 12.1 Å². The number of hydrogen-bond donors (Lipinski definition) is 1. The van der Waals surface area contributed by atoms with Crippen LogP contribution in [0.4, 0.5) is 4.39 Å². The van der Waals surface area contributed by atoms with Gasteiger partial charge in [-0.25, -0.2) is 4.39 Å². The molecule has 1 N–H and O–H groups in total. The molecule has 0 aromatic heterocycles. The Balaban J connectivity index is 2.55. The van der Waals surface area contributed by atoms with E-state index in [9.17, 15) is 9.18 Å². The number of halogens is 3. The van der Waals surface area contributed by atoms with Gasteiger partial charge in [0.15, 0.2) is 0 Å². The summed E-state index contributed by atoms with van der Waals surface area (Å²) in [6.07, 6.45) is 1.63. The van der Waals surface area contributed by atoms with E-state index in [4.69, 9.17) is 11.6 Å². The Morgan fingerprint density at radius 1 is 1.44 bits per heavy atom. The zero-order valence-corrected chi connectivity index (χ0v) is 10.9. The number of nitrogens with one attached hydrogen (secondary N) is 1. The molecular formula is C11H12BrClFNO. The molecule has 1 amide bonds. The van der Waals surface area contributed by atoms with Crippen LogP contribution in [0.3, 0.4) is 0 Å². The lowest BCUT2D eigenvalue weighted by Gasteiger charge is -2.05. The van der Waals surface area contributed by atoms with Crippen molar-refractivity contribution in [2.24, 2.45) is 0 Å². The second kappa shape index (κ2) is 6.86. The van der Waals surface area contributed by atoms with E-state index in [1.54, 1.807) is 6.07 Å². The third kappa shape index (κ3) is 4.10. The van der Waals surface area contributed by atoms with E-state index in [2.05, 4.69) is 21.2 Å². The minimum atomic E-state index is -0.516. The Labute approximate surface area is 107 Å². The molecule has 0 radical (unpaired) electrons. The van der Waals surface area contributed by atoms with Crippen molar-refractivity contribution in [2.75, 3.05) is 12.4 Å². The molecule has 0 aliphatic carbocycles. The van der Waals surface area contributed by atoms with E-state index in [-0.39, 0.29) is 5.56 Å². The topological polar surface area (TPSA) is 29.1 Å². The quantitative estimate of drug-likeness (QED) is 0.656. The van der Waals surface area contributed by atoms with Gasteiger partial charge in [0.25, 0.3) is 5.91 Å². The Bertz CT molecular complexity index is 373. The highest BCUT2D eigenvalue weighted by Gasteiger charge is 2.11. The van der Waals surface area contributed by atoms with E-state index in [0.29, 0.717) is 16.9 Å². The Morgan fingerprint density at radius 3 is 2.88 bits per heavy atom. The fourth-order valence-electron chi connectivity index (χ4n) is 1.19. The van der Waals surface area contributed by atoms with Gasteiger partial charge in [0.2, 0.25) is 0 Å². The highest BCUT2D eigenvalue weighted by atomic mass is 79.9. The average Bonchev–Trinajstić information content (AvgIpc) is 2.27. The first-order valence-electron chi connectivity index (χ1n) is 4.94. The van der Waals surface area contributed by atoms with Gasteiger partial charge >= 0.3 is 0 Å². The average molecular weight is 309 g/mol. The molecule has 0 unspecified atom stereocenters. The number of carbonyl (C=O) groups excluding carboxylic acids is 1. The molecule has 1 aromatic carbocycles. The molecule has 1 rings (SSSR count). The van der Waals surface area contributed by atoms with Gasteiger partial charge < -0.3 is 5.32 Å². The predicted molar refractivity (Wildman–Crippen MR) is 66.4 cm³/mol. The van der Waals surface area contributed by atoms with Crippen molar-refractivity contribution in [1.82, 2.24) is 5.32 Å². The second-order valence-corrected chi connectivity index (χ2v) is 4.57. The summed E-state index contributed by atoms with van der Waals surface area (Å²) in [6, 6.07) is 4.28. The summed E-state index contributed by atoms with van der Waals surface area (Å²) in [5.41, 5.74) is 0.0558. The smallest absolute Gasteiger partial charge is 0.254 e. The van der Waals surface area contributed by atoms with Crippen LogP contribution in [0, 0.1) is 5.82 Å². The third-order valence-electron chi connectivity index (χ3n) is 2.02. The van der Waals surface area contributed by atoms with Crippen LogP contribution in [-0.4, -0.2) is 18.3 Å². The highest BCUT2D eigenvalue weighted by molar-refractivity contribution is 9.10. The molecule has 88 valence electrons. The fraction of sp³-hybridized carbons (Fsp3) is 0.364. The molecule has 0 atom stereocenters. The Morgan fingerprint density at radius 2 is 2.19 bits per heavy atom. The van der Waals surface area contributed by atoms with Crippen LogP contribution in [-0.2, 0) is 0 Å². The zero-order chi connectivity index (χ0) is 12.0. The summed E-state index contributed by atoms with van der Waals surface area (Å²) in [6.45, 7) is 0.511. The van der Waals surface area contributed by atoms with Gasteiger partial charge in [0, 0.05) is 16.9 Å². The number of carbonyl (C=O) groups is 1. The van der Waals surface area contributed by atoms with Crippen molar-refractivity contribution in [2.45, 2.75) is 12.8 Å². The minimum Gasteiger partial charge on any atom is -0.352 e. The van der Waals surface area contributed by atoms with Crippen molar-refractivity contribution >= 4 is 33.4 Å².